The minimum absolute atomic E-state index is 0.0150. The monoisotopic (exact) mass is 367 g/mol. The maximum absolute atomic E-state index is 12.6. The number of pyridine rings is 1. The molecule has 1 heterocycles. The van der Waals surface area contributed by atoms with E-state index in [1.54, 1.807) is 47.0 Å². The van der Waals surface area contributed by atoms with Crippen LogP contribution in [0.1, 0.15) is 36.0 Å². The Bertz CT molecular complexity index is 871. The number of nitrogens with one attached hydrogen (secondary N) is 1. The first-order valence-electron chi connectivity index (χ1n) is 9.38. The van der Waals surface area contributed by atoms with Crippen LogP contribution in [0.3, 0.4) is 0 Å². The van der Waals surface area contributed by atoms with Crippen molar-refractivity contribution in [3.8, 4) is 0 Å². The molecule has 2 amide bonds. The third-order valence-electron chi connectivity index (χ3n) is 4.78. The predicted octanol–water partition coefficient (Wildman–Crippen LogP) is 2.43. The molecule has 3 rings (SSSR count). The standard InChI is InChI=1S/C21H25N3O3/c1-23(21(27)16-11-12-16)18-9-3-2-8-17(18)20(26)22-13-5-7-15-24-14-6-4-10-19(24)25/h2-4,6,8-10,14,16H,5,7,11-13,15H2,1H3,(H,22,26). The zero-order chi connectivity index (χ0) is 19.2. The molecular formula is C21H25N3O3. The zero-order valence-electron chi connectivity index (χ0n) is 15.6. The molecular weight excluding hydrogens is 342 g/mol. The summed E-state index contributed by atoms with van der Waals surface area (Å²) in [6, 6.07) is 12.3. The lowest BCUT2D eigenvalue weighted by Crippen LogP contribution is -2.32. The summed E-state index contributed by atoms with van der Waals surface area (Å²) in [6.45, 7) is 1.15. The number of amides is 2. The SMILES string of the molecule is CN(C(=O)C1CC1)c1ccccc1C(=O)NCCCCn1ccccc1=O. The molecule has 1 fully saturated rings. The van der Waals surface area contributed by atoms with Gasteiger partial charge in [-0.25, -0.2) is 0 Å². The van der Waals surface area contributed by atoms with Gasteiger partial charge in [-0.3, -0.25) is 14.4 Å². The molecule has 1 saturated carbocycles. The number of rotatable bonds is 8. The second kappa shape index (κ2) is 8.66. The van der Waals surface area contributed by atoms with Crippen LogP contribution in [-0.4, -0.2) is 30.0 Å². The van der Waals surface area contributed by atoms with Crippen molar-refractivity contribution in [1.29, 1.82) is 0 Å². The molecule has 6 nitrogen and oxygen atoms in total. The lowest BCUT2D eigenvalue weighted by Gasteiger charge is -2.20. The Kier molecular flexibility index (Phi) is 6.06. The first-order chi connectivity index (χ1) is 13.1. The number of hydrogen-bond acceptors (Lipinski definition) is 3. The summed E-state index contributed by atoms with van der Waals surface area (Å²) in [6.07, 6.45) is 5.20. The van der Waals surface area contributed by atoms with Crippen molar-refractivity contribution < 1.29 is 9.59 Å². The second-order valence-electron chi connectivity index (χ2n) is 6.88. The number of carbonyl (C=O) groups is 2. The summed E-state index contributed by atoms with van der Waals surface area (Å²) in [5.74, 6) is -0.00557. The molecule has 0 unspecified atom stereocenters. The molecule has 1 aromatic carbocycles. The van der Waals surface area contributed by atoms with Crippen molar-refractivity contribution in [3.05, 3.63) is 64.6 Å². The summed E-state index contributed by atoms with van der Waals surface area (Å²) in [4.78, 5) is 38.1. The maximum atomic E-state index is 12.6. The van der Waals surface area contributed by atoms with Gasteiger partial charge in [-0.1, -0.05) is 18.2 Å². The van der Waals surface area contributed by atoms with Gasteiger partial charge in [0.2, 0.25) is 11.5 Å². The van der Waals surface area contributed by atoms with Crippen LogP contribution < -0.4 is 15.8 Å². The summed E-state index contributed by atoms with van der Waals surface area (Å²) in [5, 5.41) is 2.91. The van der Waals surface area contributed by atoms with Crippen LogP contribution in [0.25, 0.3) is 0 Å². The van der Waals surface area contributed by atoms with Gasteiger partial charge >= 0.3 is 0 Å². The number of nitrogens with zero attached hydrogens (tertiary/aromatic N) is 2. The Hall–Kier alpha value is -2.89. The van der Waals surface area contributed by atoms with Crippen molar-refractivity contribution in [3.63, 3.8) is 0 Å². The molecule has 0 atom stereocenters. The van der Waals surface area contributed by atoms with E-state index >= 15 is 0 Å². The Morgan fingerprint density at radius 3 is 2.59 bits per heavy atom. The van der Waals surface area contributed by atoms with Gasteiger partial charge in [0, 0.05) is 38.3 Å². The minimum Gasteiger partial charge on any atom is -0.352 e. The fourth-order valence-corrected chi connectivity index (χ4v) is 3.03. The van der Waals surface area contributed by atoms with Crippen LogP contribution in [0.5, 0.6) is 0 Å². The van der Waals surface area contributed by atoms with Crippen molar-refractivity contribution in [2.75, 3.05) is 18.5 Å². The average Bonchev–Trinajstić information content (AvgIpc) is 3.53. The van der Waals surface area contributed by atoms with Gasteiger partial charge < -0.3 is 14.8 Å². The van der Waals surface area contributed by atoms with Gasteiger partial charge in [-0.2, -0.15) is 0 Å². The lowest BCUT2D eigenvalue weighted by atomic mass is 10.1. The van der Waals surface area contributed by atoms with E-state index in [-0.39, 0.29) is 23.3 Å². The number of aryl methyl sites for hydroxylation is 1. The van der Waals surface area contributed by atoms with E-state index < -0.39 is 0 Å². The smallest absolute Gasteiger partial charge is 0.253 e. The first kappa shape index (κ1) is 18.9. The van der Waals surface area contributed by atoms with E-state index in [1.165, 1.54) is 6.07 Å². The van der Waals surface area contributed by atoms with E-state index in [1.807, 2.05) is 12.1 Å². The van der Waals surface area contributed by atoms with Crippen molar-refractivity contribution in [1.82, 2.24) is 9.88 Å². The van der Waals surface area contributed by atoms with E-state index in [9.17, 15) is 14.4 Å². The van der Waals surface area contributed by atoms with Gasteiger partial charge in [-0.15, -0.1) is 0 Å². The molecule has 0 spiro atoms. The van der Waals surface area contributed by atoms with E-state index in [2.05, 4.69) is 5.32 Å². The second-order valence-corrected chi connectivity index (χ2v) is 6.88. The van der Waals surface area contributed by atoms with E-state index in [4.69, 9.17) is 0 Å². The van der Waals surface area contributed by atoms with Crippen LogP contribution >= 0.6 is 0 Å². The molecule has 27 heavy (non-hydrogen) atoms. The number of benzene rings is 1. The highest BCUT2D eigenvalue weighted by Gasteiger charge is 2.33. The highest BCUT2D eigenvalue weighted by Crippen LogP contribution is 2.33. The lowest BCUT2D eigenvalue weighted by molar-refractivity contribution is -0.119. The van der Waals surface area contributed by atoms with Gasteiger partial charge in [0.1, 0.15) is 0 Å². The topological polar surface area (TPSA) is 71.4 Å². The summed E-state index contributed by atoms with van der Waals surface area (Å²) in [7, 11) is 1.73. The quantitative estimate of drug-likeness (QED) is 0.729. The zero-order valence-corrected chi connectivity index (χ0v) is 15.6. The molecule has 0 saturated heterocycles. The molecule has 1 aromatic heterocycles. The van der Waals surface area contributed by atoms with Crippen molar-refractivity contribution in [2.24, 2.45) is 5.92 Å². The third-order valence-corrected chi connectivity index (χ3v) is 4.78. The molecule has 0 aliphatic heterocycles. The largest absolute Gasteiger partial charge is 0.352 e. The number of unbranched alkanes of at least 4 members (excludes halogenated alkanes) is 1. The Balaban J connectivity index is 1.51. The molecule has 142 valence electrons. The number of anilines is 1. The Labute approximate surface area is 158 Å². The average molecular weight is 367 g/mol. The van der Waals surface area contributed by atoms with Crippen molar-refractivity contribution in [2.45, 2.75) is 32.2 Å². The molecule has 2 aromatic rings. The normalized spacial score (nSPS) is 13.2. The number of para-hydroxylation sites is 1. The molecule has 0 bridgehead atoms. The number of aromatic nitrogens is 1. The molecule has 1 aliphatic rings. The van der Waals surface area contributed by atoms with Gasteiger partial charge in [0.25, 0.3) is 5.91 Å². The highest BCUT2D eigenvalue weighted by atomic mass is 16.2. The number of carbonyl (C=O) groups excluding carboxylic acids is 2. The molecule has 1 N–H and O–H groups in total. The molecule has 1 aliphatic carbocycles. The van der Waals surface area contributed by atoms with Crippen LogP contribution in [0.2, 0.25) is 0 Å². The number of hydrogen-bond donors (Lipinski definition) is 1. The van der Waals surface area contributed by atoms with Crippen LogP contribution in [0.4, 0.5) is 5.69 Å². The summed E-state index contributed by atoms with van der Waals surface area (Å²) >= 11 is 0. The Morgan fingerprint density at radius 2 is 1.85 bits per heavy atom. The van der Waals surface area contributed by atoms with Crippen LogP contribution in [-0.2, 0) is 11.3 Å². The van der Waals surface area contributed by atoms with Gasteiger partial charge in [-0.05, 0) is 43.9 Å². The van der Waals surface area contributed by atoms with Crippen LogP contribution in [0, 0.1) is 5.92 Å². The first-order valence-corrected chi connectivity index (χ1v) is 9.38. The molecule has 0 radical (unpaired) electrons. The van der Waals surface area contributed by atoms with Gasteiger partial charge in [0.05, 0.1) is 11.3 Å². The van der Waals surface area contributed by atoms with Crippen molar-refractivity contribution >= 4 is 17.5 Å². The highest BCUT2D eigenvalue weighted by molar-refractivity contribution is 6.05. The van der Waals surface area contributed by atoms with E-state index in [0.29, 0.717) is 24.3 Å². The summed E-state index contributed by atoms with van der Waals surface area (Å²) in [5.41, 5.74) is 1.13. The van der Waals surface area contributed by atoms with E-state index in [0.717, 1.165) is 25.7 Å². The minimum atomic E-state index is -0.182. The fourth-order valence-electron chi connectivity index (χ4n) is 3.03. The molecule has 6 heteroatoms. The van der Waals surface area contributed by atoms with Gasteiger partial charge in [0.15, 0.2) is 0 Å². The summed E-state index contributed by atoms with van der Waals surface area (Å²) < 4.78 is 1.66. The maximum Gasteiger partial charge on any atom is 0.253 e. The third kappa shape index (κ3) is 4.84. The van der Waals surface area contributed by atoms with Crippen LogP contribution in [0.15, 0.2) is 53.5 Å². The fraction of sp³-hybridized carbons (Fsp3) is 0.381. The Morgan fingerprint density at radius 1 is 1.11 bits per heavy atom. The predicted molar refractivity (Wildman–Crippen MR) is 105 cm³/mol.